The molecule has 6 amide bonds. The number of hydrogen-bond donors (Lipinski definition) is 5. The molecule has 19 nitrogen and oxygen atoms in total. The molecule has 0 bridgehead atoms. The number of rotatable bonds is 24. The lowest BCUT2D eigenvalue weighted by atomic mass is 9.81. The Labute approximate surface area is 475 Å². The Hall–Kier alpha value is -7.83. The lowest BCUT2D eigenvalue weighted by molar-refractivity contribution is -0.163. The summed E-state index contributed by atoms with van der Waals surface area (Å²) in [4.78, 5) is 124. The van der Waals surface area contributed by atoms with E-state index >= 15 is 0 Å². The van der Waals surface area contributed by atoms with Crippen molar-refractivity contribution in [2.45, 2.75) is 162 Å². The highest BCUT2D eigenvalue weighted by molar-refractivity contribution is 6.52. The fraction of sp³-hybridized carbons (Fsp3) is 0.500. The van der Waals surface area contributed by atoms with Crippen molar-refractivity contribution in [1.82, 2.24) is 31.5 Å². The smallest absolute Gasteiger partial charge is 0.408 e. The second-order valence-corrected chi connectivity index (χ2v) is 23.1. The van der Waals surface area contributed by atoms with Crippen LogP contribution in [0.5, 0.6) is 0 Å². The van der Waals surface area contributed by atoms with Crippen LogP contribution < -0.4 is 26.6 Å². The number of ether oxygens (including phenoxy) is 4. The number of fused-ring (bicyclic) bond motifs is 2. The molecule has 6 atom stereocenters. The van der Waals surface area contributed by atoms with Crippen molar-refractivity contribution < 1.29 is 62.1 Å². The Morgan fingerprint density at radius 3 is 2.07 bits per heavy atom. The van der Waals surface area contributed by atoms with E-state index in [1.807, 2.05) is 80.6 Å². The molecule has 0 aromatic heterocycles. The zero-order chi connectivity index (χ0) is 59.0. The molecule has 0 radical (unpaired) electrons. The van der Waals surface area contributed by atoms with Crippen molar-refractivity contribution in [1.29, 1.82) is 0 Å². The zero-order valence-corrected chi connectivity index (χ0v) is 48.1. The quantitative estimate of drug-likeness (QED) is 0.0192. The van der Waals surface area contributed by atoms with Crippen LogP contribution in [0.15, 0.2) is 103 Å². The van der Waals surface area contributed by atoms with E-state index in [2.05, 4.69) is 26.6 Å². The van der Waals surface area contributed by atoms with Crippen molar-refractivity contribution >= 4 is 59.1 Å². The Morgan fingerprint density at radius 2 is 1.42 bits per heavy atom. The number of ketones is 2. The van der Waals surface area contributed by atoms with E-state index < -0.39 is 101 Å². The summed E-state index contributed by atoms with van der Waals surface area (Å²) >= 11 is 0. The normalized spacial score (nSPS) is 18.1. The molecule has 2 aliphatic heterocycles. The van der Waals surface area contributed by atoms with Gasteiger partial charge in [0.2, 0.25) is 35.2 Å². The van der Waals surface area contributed by atoms with Gasteiger partial charge < -0.3 is 50.4 Å². The molecule has 3 aromatic rings. The molecule has 0 saturated carbocycles. The molecule has 3 aromatic carbocycles. The summed E-state index contributed by atoms with van der Waals surface area (Å²) in [5.41, 5.74) is 0.720. The highest BCUT2D eigenvalue weighted by Gasteiger charge is 2.47. The van der Waals surface area contributed by atoms with E-state index in [4.69, 9.17) is 18.9 Å². The summed E-state index contributed by atoms with van der Waals surface area (Å²) in [5.74, 6) is -5.01. The molecule has 3 aliphatic rings. The molecule has 0 spiro atoms. The first kappa shape index (κ1) is 62.4. The molecule has 1 fully saturated rings. The zero-order valence-electron chi connectivity index (χ0n) is 48.1. The van der Waals surface area contributed by atoms with E-state index in [1.54, 1.807) is 83.7 Å². The van der Waals surface area contributed by atoms with Crippen molar-refractivity contribution in [3.05, 3.63) is 125 Å². The van der Waals surface area contributed by atoms with Crippen molar-refractivity contribution in [3.63, 3.8) is 0 Å². The number of likely N-dealkylation sites (tertiary alicyclic amines) is 1. The van der Waals surface area contributed by atoms with Crippen LogP contribution in [0, 0.1) is 17.8 Å². The van der Waals surface area contributed by atoms with Crippen LogP contribution in [0.1, 0.15) is 134 Å². The van der Waals surface area contributed by atoms with Gasteiger partial charge in [0.05, 0.1) is 24.0 Å². The van der Waals surface area contributed by atoms with Crippen molar-refractivity contribution in [3.8, 4) is 0 Å². The van der Waals surface area contributed by atoms with Crippen LogP contribution in [0.3, 0.4) is 0 Å². The van der Waals surface area contributed by atoms with Gasteiger partial charge in [0.1, 0.15) is 47.8 Å². The lowest BCUT2D eigenvalue weighted by Gasteiger charge is -2.41. The lowest BCUT2D eigenvalue weighted by Crippen LogP contribution is -2.58. The number of carbonyl (C=O) groups excluding carboxylic acids is 9. The van der Waals surface area contributed by atoms with Crippen LogP contribution in [0.2, 0.25) is 0 Å². The maximum absolute atomic E-state index is 14.7. The minimum Gasteiger partial charge on any atom is -0.483 e. The molecule has 5 N–H and O–H groups in total. The van der Waals surface area contributed by atoms with Gasteiger partial charge in [0.15, 0.2) is 0 Å². The first-order valence-electron chi connectivity index (χ1n) is 28.1. The van der Waals surface area contributed by atoms with E-state index in [0.717, 1.165) is 11.1 Å². The standard InChI is InChI=1S/C62H80N6O13/c1-38(2)34-43(65-60(77)81-61(5,6)7)29-28-42(35-40-20-12-10-13-21-40)58(75)68-33-19-27-48(68)56(73)67-51(39(3)4)57(74)66-47(26-18-31-64-59(76)78-37-41-22-14-11-15-23-41)55(72)63-32-30-50(69)79-49-36-46-53(71)52(70)44-24-16-17-25-45(44)54(46)80-62(49,8)9/h10-17,20-25,28-29,38-39,42-43,47-49,51H,18-19,26-27,30-37H2,1-9H3,(H,63,72)(H,64,76)(H,65,77)(H,66,74)(H,67,73)/b29-28+/t42-,43-,47+,48+,49?,51+/m1/s1. The van der Waals surface area contributed by atoms with Gasteiger partial charge in [-0.1, -0.05) is 125 Å². The minimum atomic E-state index is -1.21. The molecular weight excluding hydrogens is 1040 g/mol. The fourth-order valence-corrected chi connectivity index (χ4v) is 9.91. The first-order valence-corrected chi connectivity index (χ1v) is 28.1. The predicted molar refractivity (Wildman–Crippen MR) is 303 cm³/mol. The van der Waals surface area contributed by atoms with Gasteiger partial charge in [0.25, 0.3) is 0 Å². The summed E-state index contributed by atoms with van der Waals surface area (Å²) in [7, 11) is 0. The molecule has 81 heavy (non-hydrogen) atoms. The van der Waals surface area contributed by atoms with Crippen LogP contribution >= 0.6 is 0 Å². The fourth-order valence-electron chi connectivity index (χ4n) is 9.91. The van der Waals surface area contributed by atoms with Gasteiger partial charge in [-0.25, -0.2) is 9.59 Å². The summed E-state index contributed by atoms with van der Waals surface area (Å²) in [6, 6.07) is 21.6. The number of benzene rings is 3. The number of nitrogens with one attached hydrogen (secondary N) is 5. The summed E-state index contributed by atoms with van der Waals surface area (Å²) in [6.45, 7) is 16.5. The van der Waals surface area contributed by atoms with Gasteiger partial charge in [-0.3, -0.25) is 33.6 Å². The molecule has 2 heterocycles. The second-order valence-electron chi connectivity index (χ2n) is 23.1. The van der Waals surface area contributed by atoms with Crippen LogP contribution in [-0.2, 0) is 60.7 Å². The molecule has 1 saturated heterocycles. The van der Waals surface area contributed by atoms with Crippen LogP contribution in [-0.4, -0.2) is 119 Å². The monoisotopic (exact) mass is 1120 g/mol. The van der Waals surface area contributed by atoms with Crippen molar-refractivity contribution in [2.75, 3.05) is 19.6 Å². The van der Waals surface area contributed by atoms with E-state index in [1.165, 1.54) is 0 Å². The van der Waals surface area contributed by atoms with Crippen LogP contribution in [0.4, 0.5) is 9.59 Å². The third kappa shape index (κ3) is 18.1. The maximum Gasteiger partial charge on any atom is 0.408 e. The van der Waals surface area contributed by atoms with Crippen molar-refractivity contribution in [2.24, 2.45) is 17.8 Å². The third-order valence-electron chi connectivity index (χ3n) is 14.1. The SMILES string of the molecule is CC(C)C[C@@H](/C=C/[C@H](Cc1ccccc1)C(=O)N1CCC[C@H]1C(=O)N[C@H](C(=O)N[C@@H](CCCNC(=O)OCc1ccccc1)C(=O)NCCC(=O)OC1CC2=C(OC1(C)C)c1ccccc1C(=O)C2=O)C(C)C)NC(=O)OC(C)(C)C. The number of alkyl carbamates (subject to hydrolysis) is 2. The molecule has 6 rings (SSSR count). The van der Waals surface area contributed by atoms with Crippen LogP contribution in [0.25, 0.3) is 5.76 Å². The second kappa shape index (κ2) is 28.5. The average Bonchev–Trinajstić information content (AvgIpc) is 3.28. The minimum absolute atomic E-state index is 0.0210. The van der Waals surface area contributed by atoms with E-state index in [0.29, 0.717) is 37.8 Å². The molecule has 1 unspecified atom stereocenters. The van der Waals surface area contributed by atoms with E-state index in [9.17, 15) is 43.2 Å². The number of hydrogen-bond acceptors (Lipinski definition) is 13. The van der Waals surface area contributed by atoms with Gasteiger partial charge in [-0.15, -0.1) is 0 Å². The summed E-state index contributed by atoms with van der Waals surface area (Å²) in [6.07, 6.45) is 3.02. The maximum atomic E-state index is 14.7. The first-order chi connectivity index (χ1) is 38.4. The molecule has 436 valence electrons. The molecular formula is C62H80N6O13. The number of Topliss-reactive ketones (excluding diaryl/α,β-unsaturated/α-hetero) is 2. The van der Waals surface area contributed by atoms with Gasteiger partial charge in [-0.05, 0) is 96.1 Å². The van der Waals surface area contributed by atoms with Gasteiger partial charge in [-0.2, -0.15) is 0 Å². The predicted octanol–water partition coefficient (Wildman–Crippen LogP) is 7.46. The summed E-state index contributed by atoms with van der Waals surface area (Å²) in [5, 5.41) is 14.0. The van der Waals surface area contributed by atoms with E-state index in [-0.39, 0.29) is 74.1 Å². The Kier molecular flexibility index (Phi) is 22.0. The Bertz CT molecular complexity index is 2800. The number of nitrogens with zero attached hydrogens (tertiary/aromatic N) is 1. The van der Waals surface area contributed by atoms with Gasteiger partial charge in [0, 0.05) is 37.2 Å². The molecule has 1 aliphatic carbocycles. The highest BCUT2D eigenvalue weighted by atomic mass is 16.6. The Morgan fingerprint density at radius 1 is 0.765 bits per heavy atom. The number of esters is 1. The number of amides is 6. The molecule has 19 heteroatoms. The largest absolute Gasteiger partial charge is 0.483 e. The van der Waals surface area contributed by atoms with Gasteiger partial charge >= 0.3 is 18.2 Å². The summed E-state index contributed by atoms with van der Waals surface area (Å²) < 4.78 is 22.9. The third-order valence-corrected chi connectivity index (χ3v) is 14.1. The Balaban J connectivity index is 1.12. The number of carbonyl (C=O) groups is 9. The average molecular weight is 1120 g/mol. The highest BCUT2D eigenvalue weighted by Crippen LogP contribution is 2.42. The topological polar surface area (TPSA) is 254 Å².